The van der Waals surface area contributed by atoms with E-state index in [2.05, 4.69) is 20.4 Å². The second-order valence-corrected chi connectivity index (χ2v) is 6.78. The van der Waals surface area contributed by atoms with E-state index in [-0.39, 0.29) is 6.04 Å². The number of allylic oxidation sites excluding steroid dienone is 1. The first-order chi connectivity index (χ1) is 12.2. The normalized spacial score (nSPS) is 18.0. The molecule has 0 bridgehead atoms. The van der Waals surface area contributed by atoms with Gasteiger partial charge in [0.15, 0.2) is 0 Å². The van der Waals surface area contributed by atoms with E-state index >= 15 is 0 Å². The van der Waals surface area contributed by atoms with Crippen LogP contribution in [0.4, 0.5) is 14.6 Å². The lowest BCUT2D eigenvalue weighted by Crippen LogP contribution is -2.17. The molecular weight excluding hydrogens is 324 g/mol. The molecule has 1 unspecified atom stereocenters. The Labute approximate surface area is 145 Å². The molecule has 2 aromatic rings. The molecule has 1 saturated carbocycles. The van der Waals surface area contributed by atoms with Crippen molar-refractivity contribution >= 4 is 5.82 Å². The molecule has 1 atom stereocenters. The standard InChI is InChI=1S/C18H21F2N5/c19-16(20)6-5-15(12-3-1-2-4-12)25-10-13(9-24-25)17-14-7-8-21-18(14)23-11-22-17/h6,9-12,15H,1-5,7-8H2,(H,21,22,23). The molecule has 1 aliphatic heterocycles. The highest BCUT2D eigenvalue weighted by Gasteiger charge is 2.27. The maximum absolute atomic E-state index is 12.6. The molecule has 4 rings (SSSR count). The minimum absolute atomic E-state index is 0.0224. The Kier molecular flexibility index (Phi) is 4.46. The van der Waals surface area contributed by atoms with Gasteiger partial charge in [0.05, 0.1) is 17.9 Å². The Morgan fingerprint density at radius 2 is 2.16 bits per heavy atom. The predicted molar refractivity (Wildman–Crippen MR) is 91.4 cm³/mol. The molecule has 132 valence electrons. The fourth-order valence-corrected chi connectivity index (χ4v) is 4.07. The van der Waals surface area contributed by atoms with E-state index in [4.69, 9.17) is 0 Å². The average Bonchev–Trinajstić information content (AvgIpc) is 3.36. The first kappa shape index (κ1) is 16.2. The molecule has 25 heavy (non-hydrogen) atoms. The number of nitrogens with zero attached hydrogens (tertiary/aromatic N) is 4. The molecule has 2 aromatic heterocycles. The summed E-state index contributed by atoms with van der Waals surface area (Å²) in [6.45, 7) is 0.862. The first-order valence-corrected chi connectivity index (χ1v) is 8.86. The van der Waals surface area contributed by atoms with E-state index in [1.165, 1.54) is 12.8 Å². The summed E-state index contributed by atoms with van der Waals surface area (Å²) in [7, 11) is 0. The third kappa shape index (κ3) is 3.27. The zero-order chi connectivity index (χ0) is 17.2. The van der Waals surface area contributed by atoms with Gasteiger partial charge in [-0.3, -0.25) is 4.68 Å². The Morgan fingerprint density at radius 3 is 2.96 bits per heavy atom. The SMILES string of the molecule is FC(F)=CCC(C1CCCC1)n1cc(-c2ncnc3c2CCN3)cn1. The lowest BCUT2D eigenvalue weighted by atomic mass is 9.95. The molecular formula is C18H21F2N5. The number of fused-ring (bicyclic) bond motifs is 1. The zero-order valence-electron chi connectivity index (χ0n) is 14.0. The summed E-state index contributed by atoms with van der Waals surface area (Å²) >= 11 is 0. The van der Waals surface area contributed by atoms with Crippen LogP contribution in [0.5, 0.6) is 0 Å². The summed E-state index contributed by atoms with van der Waals surface area (Å²) in [6, 6.07) is -0.0224. The molecule has 0 amide bonds. The summed E-state index contributed by atoms with van der Waals surface area (Å²) in [5.74, 6) is 1.29. The van der Waals surface area contributed by atoms with Gasteiger partial charge in [-0.25, -0.2) is 9.97 Å². The molecule has 1 N–H and O–H groups in total. The molecule has 5 nitrogen and oxygen atoms in total. The van der Waals surface area contributed by atoms with Gasteiger partial charge >= 0.3 is 0 Å². The van der Waals surface area contributed by atoms with Crippen LogP contribution in [0.25, 0.3) is 11.3 Å². The van der Waals surface area contributed by atoms with Crippen molar-refractivity contribution in [2.24, 2.45) is 5.92 Å². The summed E-state index contributed by atoms with van der Waals surface area (Å²) in [4.78, 5) is 8.69. The summed E-state index contributed by atoms with van der Waals surface area (Å²) in [5.41, 5.74) is 2.92. The van der Waals surface area contributed by atoms with Crippen molar-refractivity contribution in [1.82, 2.24) is 19.7 Å². The van der Waals surface area contributed by atoms with Crippen molar-refractivity contribution in [1.29, 1.82) is 0 Å². The number of aromatic nitrogens is 4. The molecule has 0 saturated heterocycles. The van der Waals surface area contributed by atoms with Gasteiger partial charge in [0.2, 0.25) is 0 Å². The van der Waals surface area contributed by atoms with Crippen LogP contribution in [0, 0.1) is 5.92 Å². The number of hydrogen-bond acceptors (Lipinski definition) is 4. The Balaban J connectivity index is 1.64. The van der Waals surface area contributed by atoms with Crippen molar-refractivity contribution in [2.45, 2.75) is 44.6 Å². The van der Waals surface area contributed by atoms with E-state index in [1.807, 2.05) is 10.9 Å². The Hall–Kier alpha value is -2.31. The lowest BCUT2D eigenvalue weighted by molar-refractivity contribution is 0.306. The minimum Gasteiger partial charge on any atom is -0.369 e. The van der Waals surface area contributed by atoms with E-state index in [1.54, 1.807) is 12.5 Å². The maximum atomic E-state index is 12.6. The Morgan fingerprint density at radius 1 is 1.32 bits per heavy atom. The van der Waals surface area contributed by atoms with Crippen LogP contribution in [0.2, 0.25) is 0 Å². The van der Waals surface area contributed by atoms with Gasteiger partial charge in [0.25, 0.3) is 6.08 Å². The predicted octanol–water partition coefficient (Wildman–Crippen LogP) is 4.21. The van der Waals surface area contributed by atoms with Crippen molar-refractivity contribution in [2.75, 3.05) is 11.9 Å². The van der Waals surface area contributed by atoms with E-state index in [0.717, 1.165) is 54.5 Å². The van der Waals surface area contributed by atoms with Crippen LogP contribution >= 0.6 is 0 Å². The second kappa shape index (κ2) is 6.90. The third-order valence-corrected chi connectivity index (χ3v) is 5.29. The summed E-state index contributed by atoms with van der Waals surface area (Å²) in [6.07, 6.45) is 10.4. The van der Waals surface area contributed by atoms with Crippen LogP contribution in [0.15, 0.2) is 30.9 Å². The average molecular weight is 345 g/mol. The number of rotatable bonds is 5. The van der Waals surface area contributed by atoms with E-state index in [0.29, 0.717) is 12.3 Å². The monoisotopic (exact) mass is 345 g/mol. The number of nitrogens with one attached hydrogen (secondary N) is 1. The van der Waals surface area contributed by atoms with E-state index in [9.17, 15) is 8.78 Å². The van der Waals surface area contributed by atoms with Gasteiger partial charge in [-0.05, 0) is 37.7 Å². The zero-order valence-corrected chi connectivity index (χ0v) is 14.0. The van der Waals surface area contributed by atoms with Gasteiger partial charge < -0.3 is 5.32 Å². The van der Waals surface area contributed by atoms with Crippen LogP contribution in [-0.2, 0) is 6.42 Å². The lowest BCUT2D eigenvalue weighted by Gasteiger charge is -2.22. The molecule has 3 heterocycles. The molecule has 1 fully saturated rings. The quantitative estimate of drug-likeness (QED) is 0.882. The largest absolute Gasteiger partial charge is 0.369 e. The maximum Gasteiger partial charge on any atom is 0.266 e. The number of halogens is 2. The van der Waals surface area contributed by atoms with Gasteiger partial charge in [0, 0.05) is 23.9 Å². The fraction of sp³-hybridized carbons (Fsp3) is 0.500. The highest BCUT2D eigenvalue weighted by molar-refractivity contribution is 5.69. The summed E-state index contributed by atoms with van der Waals surface area (Å²) in [5, 5.41) is 7.75. The molecule has 1 aliphatic carbocycles. The fourth-order valence-electron chi connectivity index (χ4n) is 4.07. The highest BCUT2D eigenvalue weighted by Crippen LogP contribution is 2.37. The second-order valence-electron chi connectivity index (χ2n) is 6.78. The van der Waals surface area contributed by atoms with Gasteiger partial charge in [-0.15, -0.1) is 0 Å². The van der Waals surface area contributed by atoms with Gasteiger partial charge in [-0.2, -0.15) is 13.9 Å². The number of hydrogen-bond donors (Lipinski definition) is 1. The number of anilines is 1. The van der Waals surface area contributed by atoms with Gasteiger partial charge in [-0.1, -0.05) is 12.8 Å². The molecule has 7 heteroatoms. The topological polar surface area (TPSA) is 55.6 Å². The van der Waals surface area contributed by atoms with Crippen molar-refractivity contribution in [3.63, 3.8) is 0 Å². The van der Waals surface area contributed by atoms with Crippen molar-refractivity contribution < 1.29 is 8.78 Å². The Bertz CT molecular complexity index is 776. The van der Waals surface area contributed by atoms with Crippen molar-refractivity contribution in [3.8, 4) is 11.3 Å². The highest BCUT2D eigenvalue weighted by atomic mass is 19.3. The van der Waals surface area contributed by atoms with Crippen molar-refractivity contribution in [3.05, 3.63) is 36.4 Å². The third-order valence-electron chi connectivity index (χ3n) is 5.29. The first-order valence-electron chi connectivity index (χ1n) is 8.86. The van der Waals surface area contributed by atoms with Gasteiger partial charge in [0.1, 0.15) is 12.1 Å². The van der Waals surface area contributed by atoms with Crippen LogP contribution in [0.3, 0.4) is 0 Å². The van der Waals surface area contributed by atoms with Crippen LogP contribution < -0.4 is 5.32 Å². The van der Waals surface area contributed by atoms with Crippen LogP contribution in [-0.4, -0.2) is 26.3 Å². The van der Waals surface area contributed by atoms with Crippen LogP contribution in [0.1, 0.15) is 43.7 Å². The van der Waals surface area contributed by atoms with E-state index < -0.39 is 6.08 Å². The summed E-state index contributed by atoms with van der Waals surface area (Å²) < 4.78 is 27.1. The molecule has 0 aromatic carbocycles. The molecule has 0 radical (unpaired) electrons. The smallest absolute Gasteiger partial charge is 0.266 e. The molecule has 0 spiro atoms. The molecule has 2 aliphatic rings. The minimum atomic E-state index is -1.62.